The molecule has 1 fully saturated rings. The van der Waals surface area contributed by atoms with E-state index in [9.17, 15) is 0 Å². The molecule has 1 saturated heterocycles. The first-order chi connectivity index (χ1) is 6.38. The summed E-state index contributed by atoms with van der Waals surface area (Å²) in [7, 11) is 0. The number of hydrogen-bond acceptors (Lipinski definition) is 3. The fraction of sp³-hybridized carbons (Fsp3) is 1.00. The number of ether oxygens (including phenoxy) is 1. The number of alkyl halides is 1. The van der Waals surface area contributed by atoms with Crippen LogP contribution in [-0.4, -0.2) is 25.1 Å². The topological polar surface area (TPSA) is 47.3 Å². The molecule has 0 aromatic carbocycles. The van der Waals surface area contributed by atoms with Crippen LogP contribution in [0.3, 0.4) is 0 Å². The van der Waals surface area contributed by atoms with Crippen molar-refractivity contribution in [1.29, 1.82) is 0 Å². The van der Waals surface area contributed by atoms with Gasteiger partial charge >= 0.3 is 0 Å². The molecule has 4 heteroatoms. The van der Waals surface area contributed by atoms with Crippen LogP contribution in [0.1, 0.15) is 25.7 Å². The summed E-state index contributed by atoms with van der Waals surface area (Å²) in [5.41, 5.74) is 2.87. The van der Waals surface area contributed by atoms with Crippen molar-refractivity contribution in [2.45, 2.75) is 31.7 Å². The number of nitrogens with two attached hydrogens (primary N) is 1. The third-order valence-electron chi connectivity index (χ3n) is 2.63. The minimum atomic E-state index is 0.374. The van der Waals surface area contributed by atoms with Crippen molar-refractivity contribution in [3.8, 4) is 0 Å². The Morgan fingerprint density at radius 3 is 3.00 bits per heavy atom. The van der Waals surface area contributed by atoms with Gasteiger partial charge in [0.25, 0.3) is 0 Å². The largest absolute Gasteiger partial charge is 0.381 e. The zero-order chi connectivity index (χ0) is 9.52. The fourth-order valence-corrected chi connectivity index (χ4v) is 1.99. The smallest absolute Gasteiger partial charge is 0.0509 e. The summed E-state index contributed by atoms with van der Waals surface area (Å²) in [4.78, 5) is 0. The summed E-state index contributed by atoms with van der Waals surface area (Å²) in [6.07, 6.45) is 4.45. The minimum absolute atomic E-state index is 0.374. The fourth-order valence-electron chi connectivity index (χ4n) is 1.84. The molecule has 0 bridgehead atoms. The molecule has 0 aromatic rings. The van der Waals surface area contributed by atoms with Crippen LogP contribution in [0.4, 0.5) is 0 Å². The lowest BCUT2D eigenvalue weighted by Crippen LogP contribution is -2.43. The molecule has 1 rings (SSSR count). The molecule has 3 nitrogen and oxygen atoms in total. The number of nitrogens with one attached hydrogen (secondary N) is 1. The van der Waals surface area contributed by atoms with E-state index >= 15 is 0 Å². The van der Waals surface area contributed by atoms with Crippen molar-refractivity contribution in [2.75, 3.05) is 19.1 Å². The second-order valence-corrected chi connectivity index (χ2v) is 3.96. The average molecular weight is 207 g/mol. The van der Waals surface area contributed by atoms with E-state index in [1.54, 1.807) is 0 Å². The lowest BCUT2D eigenvalue weighted by atomic mass is 9.91. The lowest BCUT2D eigenvalue weighted by molar-refractivity contribution is 0.0378. The molecule has 78 valence electrons. The molecule has 1 aliphatic rings. The number of rotatable bonds is 5. The maximum absolute atomic E-state index is 5.64. The van der Waals surface area contributed by atoms with Gasteiger partial charge in [0.1, 0.15) is 0 Å². The first kappa shape index (κ1) is 11.2. The zero-order valence-electron chi connectivity index (χ0n) is 7.97. The third kappa shape index (κ3) is 3.81. The van der Waals surface area contributed by atoms with E-state index in [0.29, 0.717) is 17.8 Å². The first-order valence-corrected chi connectivity index (χ1v) is 5.51. The van der Waals surface area contributed by atoms with Crippen LogP contribution < -0.4 is 11.3 Å². The highest BCUT2D eigenvalue weighted by atomic mass is 35.5. The number of hydrogen-bond donors (Lipinski definition) is 2. The van der Waals surface area contributed by atoms with Crippen LogP contribution in [0, 0.1) is 5.92 Å². The molecule has 0 aromatic heterocycles. The number of hydrazine groups is 1. The van der Waals surface area contributed by atoms with E-state index in [-0.39, 0.29) is 0 Å². The normalized spacial score (nSPS) is 25.8. The molecular weight excluding hydrogens is 188 g/mol. The molecule has 0 aliphatic carbocycles. The summed E-state index contributed by atoms with van der Waals surface area (Å²) < 4.78 is 5.42. The quantitative estimate of drug-likeness (QED) is 0.405. The van der Waals surface area contributed by atoms with Crippen LogP contribution in [0.25, 0.3) is 0 Å². The molecule has 0 radical (unpaired) electrons. The molecule has 0 spiro atoms. The monoisotopic (exact) mass is 206 g/mol. The Morgan fingerprint density at radius 1 is 1.62 bits per heavy atom. The van der Waals surface area contributed by atoms with E-state index in [1.165, 1.54) is 6.42 Å². The van der Waals surface area contributed by atoms with Gasteiger partial charge in [0.15, 0.2) is 0 Å². The lowest BCUT2D eigenvalue weighted by Gasteiger charge is -2.29. The SMILES string of the molecule is NNC(CCCCl)C1CCCOC1. The summed E-state index contributed by atoms with van der Waals surface area (Å²) in [5.74, 6) is 6.78. The van der Waals surface area contributed by atoms with Gasteiger partial charge in [-0.05, 0) is 31.6 Å². The predicted molar refractivity (Wildman–Crippen MR) is 54.6 cm³/mol. The molecule has 1 heterocycles. The van der Waals surface area contributed by atoms with Gasteiger partial charge in [-0.25, -0.2) is 0 Å². The van der Waals surface area contributed by atoms with E-state index in [2.05, 4.69) is 5.43 Å². The predicted octanol–water partition coefficient (Wildman–Crippen LogP) is 1.26. The molecule has 0 amide bonds. The van der Waals surface area contributed by atoms with Crippen LogP contribution in [0.2, 0.25) is 0 Å². The Morgan fingerprint density at radius 2 is 2.46 bits per heavy atom. The maximum Gasteiger partial charge on any atom is 0.0509 e. The van der Waals surface area contributed by atoms with E-state index in [0.717, 1.165) is 32.5 Å². The van der Waals surface area contributed by atoms with Gasteiger partial charge in [-0.3, -0.25) is 11.3 Å². The van der Waals surface area contributed by atoms with E-state index in [1.807, 2.05) is 0 Å². The molecule has 13 heavy (non-hydrogen) atoms. The molecule has 1 aliphatic heterocycles. The Balaban J connectivity index is 2.26. The van der Waals surface area contributed by atoms with E-state index < -0.39 is 0 Å². The molecule has 2 atom stereocenters. The van der Waals surface area contributed by atoms with Crippen molar-refractivity contribution in [3.63, 3.8) is 0 Å². The summed E-state index contributed by atoms with van der Waals surface area (Å²) in [5, 5.41) is 0. The summed E-state index contributed by atoms with van der Waals surface area (Å²) in [6.45, 7) is 1.75. The van der Waals surface area contributed by atoms with Crippen molar-refractivity contribution >= 4 is 11.6 Å². The first-order valence-electron chi connectivity index (χ1n) is 4.98. The van der Waals surface area contributed by atoms with E-state index in [4.69, 9.17) is 22.2 Å². The van der Waals surface area contributed by atoms with Gasteiger partial charge in [-0.1, -0.05) is 0 Å². The second kappa shape index (κ2) is 6.60. The molecule has 2 unspecified atom stereocenters. The maximum atomic E-state index is 5.64. The van der Waals surface area contributed by atoms with Crippen molar-refractivity contribution in [1.82, 2.24) is 5.43 Å². The van der Waals surface area contributed by atoms with Crippen molar-refractivity contribution in [2.24, 2.45) is 11.8 Å². The van der Waals surface area contributed by atoms with Gasteiger partial charge in [-0.15, -0.1) is 11.6 Å². The highest BCUT2D eigenvalue weighted by Gasteiger charge is 2.22. The van der Waals surface area contributed by atoms with Crippen LogP contribution in [0.15, 0.2) is 0 Å². The van der Waals surface area contributed by atoms with Gasteiger partial charge in [0.2, 0.25) is 0 Å². The standard InChI is InChI=1S/C9H19ClN2O/c10-5-1-4-9(12-11)8-3-2-6-13-7-8/h8-9,12H,1-7,11H2. The minimum Gasteiger partial charge on any atom is -0.381 e. The molecule has 0 saturated carbocycles. The van der Waals surface area contributed by atoms with Crippen molar-refractivity contribution in [3.05, 3.63) is 0 Å². The van der Waals surface area contributed by atoms with Gasteiger partial charge in [-0.2, -0.15) is 0 Å². The van der Waals surface area contributed by atoms with Gasteiger partial charge < -0.3 is 4.74 Å². The van der Waals surface area contributed by atoms with Crippen LogP contribution >= 0.6 is 11.6 Å². The Labute approximate surface area is 84.9 Å². The summed E-state index contributed by atoms with van der Waals surface area (Å²) in [6, 6.07) is 0.374. The van der Waals surface area contributed by atoms with Crippen LogP contribution in [-0.2, 0) is 4.74 Å². The molecule has 3 N–H and O–H groups in total. The number of halogens is 1. The second-order valence-electron chi connectivity index (χ2n) is 3.58. The van der Waals surface area contributed by atoms with Crippen molar-refractivity contribution < 1.29 is 4.74 Å². The highest BCUT2D eigenvalue weighted by Crippen LogP contribution is 2.19. The molecular formula is C9H19ClN2O. The highest BCUT2D eigenvalue weighted by molar-refractivity contribution is 6.17. The van der Waals surface area contributed by atoms with Gasteiger partial charge in [0.05, 0.1) is 6.61 Å². The Hall–Kier alpha value is 0.170. The third-order valence-corrected chi connectivity index (χ3v) is 2.89. The van der Waals surface area contributed by atoms with Gasteiger partial charge in [0, 0.05) is 18.5 Å². The zero-order valence-corrected chi connectivity index (χ0v) is 8.72. The Bertz CT molecular complexity index is 129. The average Bonchev–Trinajstić information content (AvgIpc) is 2.21. The Kier molecular flexibility index (Phi) is 5.71. The van der Waals surface area contributed by atoms with Crippen LogP contribution in [0.5, 0.6) is 0 Å². The summed E-state index contributed by atoms with van der Waals surface area (Å²) >= 11 is 5.64.